The van der Waals surface area contributed by atoms with Crippen molar-refractivity contribution in [1.29, 1.82) is 0 Å². The number of methoxy groups -OCH3 is 1. The summed E-state index contributed by atoms with van der Waals surface area (Å²) < 4.78 is 18.0. The van der Waals surface area contributed by atoms with Crippen LogP contribution in [-0.2, 0) is 22.1 Å². The molecule has 7 heteroatoms. The van der Waals surface area contributed by atoms with Gasteiger partial charge in [-0.2, -0.15) is 0 Å². The van der Waals surface area contributed by atoms with Crippen LogP contribution >= 0.6 is 0 Å². The third-order valence-electron chi connectivity index (χ3n) is 2.42. The molecule has 19 heavy (non-hydrogen) atoms. The van der Waals surface area contributed by atoms with Crippen LogP contribution in [0.2, 0.25) is 0 Å². The highest BCUT2D eigenvalue weighted by molar-refractivity contribution is 7.85. The molecule has 100 valence electrons. The van der Waals surface area contributed by atoms with Crippen LogP contribution in [0.3, 0.4) is 0 Å². The van der Waals surface area contributed by atoms with E-state index in [1.165, 1.54) is 18.1 Å². The van der Waals surface area contributed by atoms with Gasteiger partial charge in [0.15, 0.2) is 0 Å². The number of aromatic nitrogens is 3. The van der Waals surface area contributed by atoms with E-state index in [0.717, 1.165) is 4.90 Å². The molecule has 2 rings (SSSR count). The molecule has 0 N–H and O–H groups in total. The van der Waals surface area contributed by atoms with Gasteiger partial charge < -0.3 is 4.74 Å². The highest BCUT2D eigenvalue weighted by Gasteiger charge is 2.11. The van der Waals surface area contributed by atoms with E-state index in [-0.39, 0.29) is 5.82 Å². The molecule has 1 atom stereocenters. The van der Waals surface area contributed by atoms with Gasteiger partial charge in [0.25, 0.3) is 5.82 Å². The maximum absolute atomic E-state index is 12.0. The molecule has 1 heterocycles. The number of nitrogens with zero attached hydrogens (tertiary/aromatic N) is 3. The lowest BCUT2D eigenvalue weighted by atomic mass is 10.4. The number of aryl methyl sites for hydroxylation is 1. The summed E-state index contributed by atoms with van der Waals surface area (Å²) in [6, 6.07) is 9.20. The molecule has 0 aliphatic carbocycles. The summed E-state index contributed by atoms with van der Waals surface area (Å²) in [5, 5.41) is 3.94. The topological polar surface area (TPSA) is 74.1 Å². The van der Waals surface area contributed by atoms with E-state index in [4.69, 9.17) is 0 Å². The quantitative estimate of drug-likeness (QED) is 0.759. The van der Waals surface area contributed by atoms with Crippen molar-refractivity contribution >= 4 is 16.8 Å². The first kappa shape index (κ1) is 13.4. The van der Waals surface area contributed by atoms with E-state index >= 15 is 0 Å². The number of benzene rings is 1. The van der Waals surface area contributed by atoms with Gasteiger partial charge in [-0.25, -0.2) is 9.78 Å². The minimum atomic E-state index is -1.09. The predicted octanol–water partition coefficient (Wildman–Crippen LogP) is 0.873. The number of hydrogen-bond acceptors (Lipinski definition) is 5. The molecule has 0 saturated heterocycles. The standard InChI is InChI=1S/C12H13N3O3S/c1-18-12(16)11-13-9-15(14-11)7-8-19(17)10-5-3-2-4-6-10/h2-6,9H,7-8H2,1H3/t19-/m0/s1. The van der Waals surface area contributed by atoms with Crippen LogP contribution in [0, 0.1) is 0 Å². The summed E-state index contributed by atoms with van der Waals surface area (Å²) in [6.07, 6.45) is 1.43. The van der Waals surface area contributed by atoms with Crippen molar-refractivity contribution in [2.45, 2.75) is 11.4 Å². The zero-order valence-electron chi connectivity index (χ0n) is 10.4. The van der Waals surface area contributed by atoms with Crippen molar-refractivity contribution in [3.05, 3.63) is 42.5 Å². The number of carbonyl (C=O) groups excluding carboxylic acids is 1. The Labute approximate surface area is 112 Å². The molecule has 1 aromatic heterocycles. The van der Waals surface area contributed by atoms with Gasteiger partial charge in [0.05, 0.1) is 24.5 Å². The molecule has 0 aliphatic heterocycles. The maximum Gasteiger partial charge on any atom is 0.377 e. The Hall–Kier alpha value is -2.02. The SMILES string of the molecule is COC(=O)c1ncn(CC[S@](=O)c2ccccc2)n1. The number of rotatable bonds is 5. The van der Waals surface area contributed by atoms with E-state index in [1.807, 2.05) is 30.3 Å². The second-order valence-electron chi connectivity index (χ2n) is 3.69. The van der Waals surface area contributed by atoms with Gasteiger partial charge in [0, 0.05) is 10.6 Å². The number of hydrogen-bond donors (Lipinski definition) is 0. The molecular weight excluding hydrogens is 266 g/mol. The van der Waals surface area contributed by atoms with Gasteiger partial charge in [0.2, 0.25) is 0 Å². The Morgan fingerprint density at radius 3 is 2.79 bits per heavy atom. The summed E-state index contributed by atoms with van der Waals surface area (Å²) in [6.45, 7) is 0.422. The second-order valence-corrected chi connectivity index (χ2v) is 5.26. The molecule has 1 aromatic carbocycles. The smallest absolute Gasteiger partial charge is 0.377 e. The van der Waals surface area contributed by atoms with Gasteiger partial charge in [-0.1, -0.05) is 18.2 Å². The van der Waals surface area contributed by atoms with Gasteiger partial charge in [-0.15, -0.1) is 5.10 Å². The van der Waals surface area contributed by atoms with E-state index in [0.29, 0.717) is 12.3 Å². The molecule has 0 amide bonds. The fourth-order valence-corrected chi connectivity index (χ4v) is 2.50. The average Bonchev–Trinajstić information content (AvgIpc) is 2.93. The van der Waals surface area contributed by atoms with Gasteiger partial charge in [0.1, 0.15) is 6.33 Å². The fourth-order valence-electron chi connectivity index (χ4n) is 1.45. The van der Waals surface area contributed by atoms with Crippen LogP contribution in [0.5, 0.6) is 0 Å². The van der Waals surface area contributed by atoms with Crippen LogP contribution in [0.15, 0.2) is 41.6 Å². The maximum atomic E-state index is 12.0. The zero-order valence-corrected chi connectivity index (χ0v) is 11.2. The summed E-state index contributed by atoms with van der Waals surface area (Å²) in [4.78, 5) is 15.8. The lowest BCUT2D eigenvalue weighted by Crippen LogP contribution is -2.10. The van der Waals surface area contributed by atoms with Crippen molar-refractivity contribution in [2.75, 3.05) is 12.9 Å². The molecule has 0 spiro atoms. The molecule has 0 aliphatic rings. The van der Waals surface area contributed by atoms with Crippen molar-refractivity contribution < 1.29 is 13.7 Å². The molecular formula is C12H13N3O3S. The normalized spacial score (nSPS) is 12.1. The highest BCUT2D eigenvalue weighted by atomic mass is 32.2. The van der Waals surface area contributed by atoms with Crippen LogP contribution in [0.4, 0.5) is 0 Å². The van der Waals surface area contributed by atoms with Gasteiger partial charge in [-0.05, 0) is 12.1 Å². The van der Waals surface area contributed by atoms with Crippen LogP contribution < -0.4 is 0 Å². The monoisotopic (exact) mass is 279 g/mol. The van der Waals surface area contributed by atoms with E-state index < -0.39 is 16.8 Å². The van der Waals surface area contributed by atoms with E-state index in [1.54, 1.807) is 0 Å². The lowest BCUT2D eigenvalue weighted by molar-refractivity contribution is 0.0586. The first-order valence-electron chi connectivity index (χ1n) is 5.62. The fraction of sp³-hybridized carbons (Fsp3) is 0.250. The van der Waals surface area contributed by atoms with Crippen LogP contribution in [0.25, 0.3) is 0 Å². The second kappa shape index (κ2) is 6.24. The number of ether oxygens (including phenoxy) is 1. The van der Waals surface area contributed by atoms with E-state index in [2.05, 4.69) is 14.8 Å². The Morgan fingerprint density at radius 2 is 2.11 bits per heavy atom. The first-order chi connectivity index (χ1) is 9.20. The van der Waals surface area contributed by atoms with Gasteiger partial charge >= 0.3 is 5.97 Å². The molecule has 0 fully saturated rings. The average molecular weight is 279 g/mol. The third-order valence-corrected chi connectivity index (χ3v) is 3.77. The molecule has 0 bridgehead atoms. The van der Waals surface area contributed by atoms with Gasteiger partial charge in [-0.3, -0.25) is 8.89 Å². The third kappa shape index (κ3) is 3.47. The van der Waals surface area contributed by atoms with Crippen LogP contribution in [-0.4, -0.2) is 37.8 Å². The van der Waals surface area contributed by atoms with Crippen molar-refractivity contribution in [2.24, 2.45) is 0 Å². The predicted molar refractivity (Wildman–Crippen MR) is 69.1 cm³/mol. The largest absolute Gasteiger partial charge is 0.463 e. The highest BCUT2D eigenvalue weighted by Crippen LogP contribution is 2.05. The van der Waals surface area contributed by atoms with Crippen molar-refractivity contribution in [3.8, 4) is 0 Å². The minimum absolute atomic E-state index is 0.00740. The molecule has 6 nitrogen and oxygen atoms in total. The van der Waals surface area contributed by atoms with E-state index in [9.17, 15) is 9.00 Å². The van der Waals surface area contributed by atoms with Crippen molar-refractivity contribution in [3.63, 3.8) is 0 Å². The molecule has 0 unspecified atom stereocenters. The number of esters is 1. The number of carbonyl (C=O) groups is 1. The zero-order chi connectivity index (χ0) is 13.7. The van der Waals surface area contributed by atoms with Crippen molar-refractivity contribution in [1.82, 2.24) is 14.8 Å². The molecule has 0 radical (unpaired) electrons. The molecule has 0 saturated carbocycles. The summed E-state index contributed by atoms with van der Waals surface area (Å²) in [5.41, 5.74) is 0. The first-order valence-corrected chi connectivity index (χ1v) is 6.94. The minimum Gasteiger partial charge on any atom is -0.463 e. The Bertz CT molecular complexity index is 583. The lowest BCUT2D eigenvalue weighted by Gasteiger charge is -2.01. The Morgan fingerprint density at radius 1 is 1.37 bits per heavy atom. The van der Waals surface area contributed by atoms with Crippen LogP contribution in [0.1, 0.15) is 10.6 Å². The Kier molecular flexibility index (Phi) is 4.40. The summed E-state index contributed by atoms with van der Waals surface area (Å²) in [7, 11) is 0.179. The Balaban J connectivity index is 1.94. The molecule has 2 aromatic rings. The summed E-state index contributed by atoms with van der Waals surface area (Å²) >= 11 is 0. The summed E-state index contributed by atoms with van der Waals surface area (Å²) in [5.74, 6) is -0.163.